The number of fused-ring (bicyclic) bond motifs is 1. The van der Waals surface area contributed by atoms with E-state index in [4.69, 9.17) is 12.2 Å². The highest BCUT2D eigenvalue weighted by Crippen LogP contribution is 2.08. The summed E-state index contributed by atoms with van der Waals surface area (Å²) in [5, 5.41) is 11.8. The molecule has 1 N–H and O–H groups in total. The number of aromatic nitrogens is 3. The van der Waals surface area contributed by atoms with Gasteiger partial charge in [0.05, 0.1) is 5.52 Å². The minimum atomic E-state index is 0.602. The van der Waals surface area contributed by atoms with Crippen LogP contribution in [0.4, 0.5) is 0 Å². The van der Waals surface area contributed by atoms with Gasteiger partial charge in [0, 0.05) is 6.54 Å². The van der Waals surface area contributed by atoms with Gasteiger partial charge in [-0.3, -0.25) is 0 Å². The van der Waals surface area contributed by atoms with Crippen molar-refractivity contribution in [2.45, 2.75) is 13.3 Å². The predicted octanol–water partition coefficient (Wildman–Crippen LogP) is 1.56. The lowest BCUT2D eigenvalue weighted by Crippen LogP contribution is -2.29. The third kappa shape index (κ3) is 1.97. The van der Waals surface area contributed by atoms with E-state index in [1.54, 1.807) is 4.68 Å². The van der Waals surface area contributed by atoms with Gasteiger partial charge in [-0.2, -0.15) is 4.68 Å². The lowest BCUT2D eigenvalue weighted by molar-refractivity contribution is 0.785. The molecule has 2 rings (SSSR count). The number of nitrogens with one attached hydrogen (secondary N) is 1. The lowest BCUT2D eigenvalue weighted by atomic mass is 10.3. The standard InChI is InChI=1S/C10H12N4S/c1-2-7-11-10(15)14-9-6-4-3-5-8(9)12-13-14/h3-6H,2,7H2,1H3,(H,11,15). The second-order valence-corrected chi connectivity index (χ2v) is 3.61. The molecule has 15 heavy (non-hydrogen) atoms. The fraction of sp³-hybridized carbons (Fsp3) is 0.300. The van der Waals surface area contributed by atoms with E-state index in [0.717, 1.165) is 24.0 Å². The molecule has 0 atom stereocenters. The Balaban J connectivity index is 2.31. The quantitative estimate of drug-likeness (QED) is 0.780. The molecule has 4 nitrogen and oxygen atoms in total. The summed E-state index contributed by atoms with van der Waals surface area (Å²) in [6.45, 7) is 2.95. The van der Waals surface area contributed by atoms with Crippen LogP contribution < -0.4 is 5.32 Å². The number of thiocarbonyl (C=S) groups is 1. The topological polar surface area (TPSA) is 42.7 Å². The zero-order valence-corrected chi connectivity index (χ0v) is 9.29. The van der Waals surface area contributed by atoms with E-state index in [1.807, 2.05) is 24.3 Å². The Morgan fingerprint density at radius 1 is 1.47 bits per heavy atom. The van der Waals surface area contributed by atoms with E-state index in [-0.39, 0.29) is 0 Å². The van der Waals surface area contributed by atoms with Crippen molar-refractivity contribution in [2.75, 3.05) is 6.54 Å². The van der Waals surface area contributed by atoms with Crippen molar-refractivity contribution in [3.05, 3.63) is 24.3 Å². The van der Waals surface area contributed by atoms with Gasteiger partial charge in [-0.1, -0.05) is 24.3 Å². The van der Waals surface area contributed by atoms with Crippen molar-refractivity contribution in [1.82, 2.24) is 20.3 Å². The van der Waals surface area contributed by atoms with E-state index in [1.165, 1.54) is 0 Å². The van der Waals surface area contributed by atoms with Crippen LogP contribution in [-0.4, -0.2) is 26.7 Å². The molecule has 0 aliphatic rings. The number of nitrogens with zero attached hydrogens (tertiary/aromatic N) is 3. The van der Waals surface area contributed by atoms with E-state index < -0.39 is 0 Å². The minimum Gasteiger partial charge on any atom is -0.361 e. The van der Waals surface area contributed by atoms with Crippen molar-refractivity contribution in [3.63, 3.8) is 0 Å². The summed E-state index contributed by atoms with van der Waals surface area (Å²) in [4.78, 5) is 0. The van der Waals surface area contributed by atoms with Crippen LogP contribution in [-0.2, 0) is 0 Å². The second-order valence-electron chi connectivity index (χ2n) is 3.22. The Morgan fingerprint density at radius 2 is 2.27 bits per heavy atom. The Bertz CT molecular complexity index is 477. The highest BCUT2D eigenvalue weighted by Gasteiger charge is 2.06. The molecule has 0 spiro atoms. The van der Waals surface area contributed by atoms with Gasteiger partial charge < -0.3 is 5.32 Å². The first-order chi connectivity index (χ1) is 7.33. The highest BCUT2D eigenvalue weighted by molar-refractivity contribution is 7.80. The number of hydrogen-bond acceptors (Lipinski definition) is 3. The lowest BCUT2D eigenvalue weighted by Gasteiger charge is -2.05. The molecule has 0 bridgehead atoms. The van der Waals surface area contributed by atoms with Crippen LogP contribution in [0.1, 0.15) is 13.3 Å². The van der Waals surface area contributed by atoms with Crippen molar-refractivity contribution in [1.29, 1.82) is 0 Å². The normalized spacial score (nSPS) is 10.5. The van der Waals surface area contributed by atoms with Gasteiger partial charge in [0.25, 0.3) is 0 Å². The maximum absolute atomic E-state index is 5.22. The van der Waals surface area contributed by atoms with Crippen LogP contribution in [0.25, 0.3) is 11.0 Å². The summed E-state index contributed by atoms with van der Waals surface area (Å²) in [5.74, 6) is 0. The monoisotopic (exact) mass is 220 g/mol. The maximum atomic E-state index is 5.22. The molecular weight excluding hydrogens is 208 g/mol. The minimum absolute atomic E-state index is 0.602. The van der Waals surface area contributed by atoms with Gasteiger partial charge >= 0.3 is 0 Å². The third-order valence-electron chi connectivity index (χ3n) is 2.07. The molecule has 0 aliphatic carbocycles. The molecule has 2 aromatic rings. The van der Waals surface area contributed by atoms with Crippen LogP contribution in [0.2, 0.25) is 0 Å². The molecule has 1 heterocycles. The number of hydrogen-bond donors (Lipinski definition) is 1. The highest BCUT2D eigenvalue weighted by atomic mass is 32.1. The van der Waals surface area contributed by atoms with Crippen LogP contribution in [0, 0.1) is 0 Å². The Labute approximate surface area is 93.3 Å². The van der Waals surface area contributed by atoms with E-state index in [2.05, 4.69) is 22.6 Å². The van der Waals surface area contributed by atoms with Gasteiger partial charge in [0.1, 0.15) is 5.52 Å². The van der Waals surface area contributed by atoms with Crippen LogP contribution >= 0.6 is 12.2 Å². The smallest absolute Gasteiger partial charge is 0.196 e. The molecular formula is C10H12N4S. The van der Waals surface area contributed by atoms with E-state index >= 15 is 0 Å². The predicted molar refractivity (Wildman–Crippen MR) is 63.8 cm³/mol. The summed E-state index contributed by atoms with van der Waals surface area (Å²) in [6.07, 6.45) is 1.03. The summed E-state index contributed by atoms with van der Waals surface area (Å²) < 4.78 is 1.65. The molecule has 0 amide bonds. The van der Waals surface area contributed by atoms with Gasteiger partial charge in [-0.05, 0) is 30.8 Å². The summed E-state index contributed by atoms with van der Waals surface area (Å²) in [5.41, 5.74) is 1.80. The van der Waals surface area contributed by atoms with Crippen molar-refractivity contribution in [3.8, 4) is 0 Å². The van der Waals surface area contributed by atoms with Crippen molar-refractivity contribution in [2.24, 2.45) is 0 Å². The van der Waals surface area contributed by atoms with Crippen LogP contribution in [0.3, 0.4) is 0 Å². The van der Waals surface area contributed by atoms with Crippen molar-refractivity contribution >= 4 is 28.4 Å². The summed E-state index contributed by atoms with van der Waals surface area (Å²) in [6, 6.07) is 7.75. The molecule has 1 aromatic heterocycles. The fourth-order valence-corrected chi connectivity index (χ4v) is 1.56. The van der Waals surface area contributed by atoms with E-state index in [9.17, 15) is 0 Å². The van der Waals surface area contributed by atoms with Crippen LogP contribution in [0.5, 0.6) is 0 Å². The van der Waals surface area contributed by atoms with Gasteiger partial charge in [0.15, 0.2) is 5.11 Å². The maximum Gasteiger partial charge on any atom is 0.196 e. The molecule has 0 fully saturated rings. The molecule has 0 aliphatic heterocycles. The molecule has 0 radical (unpaired) electrons. The molecule has 1 aromatic carbocycles. The Kier molecular flexibility index (Phi) is 2.91. The van der Waals surface area contributed by atoms with Crippen LogP contribution in [0.15, 0.2) is 24.3 Å². The van der Waals surface area contributed by atoms with E-state index in [0.29, 0.717) is 5.11 Å². The number of benzene rings is 1. The zero-order valence-electron chi connectivity index (χ0n) is 8.47. The molecule has 0 saturated carbocycles. The third-order valence-corrected chi connectivity index (χ3v) is 2.39. The zero-order chi connectivity index (χ0) is 10.7. The molecule has 5 heteroatoms. The van der Waals surface area contributed by atoms with Gasteiger partial charge in [-0.25, -0.2) is 0 Å². The SMILES string of the molecule is CCCNC(=S)n1nnc2ccccc21. The van der Waals surface area contributed by atoms with Crippen molar-refractivity contribution < 1.29 is 0 Å². The fourth-order valence-electron chi connectivity index (χ4n) is 1.33. The summed E-state index contributed by atoms with van der Waals surface area (Å²) in [7, 11) is 0. The summed E-state index contributed by atoms with van der Waals surface area (Å²) >= 11 is 5.22. The Morgan fingerprint density at radius 3 is 3.07 bits per heavy atom. The molecule has 78 valence electrons. The van der Waals surface area contributed by atoms with Gasteiger partial charge in [-0.15, -0.1) is 5.10 Å². The first-order valence-corrected chi connectivity index (χ1v) is 5.32. The first-order valence-electron chi connectivity index (χ1n) is 4.91. The second kappa shape index (κ2) is 4.35. The number of para-hydroxylation sites is 1. The molecule has 0 unspecified atom stereocenters. The largest absolute Gasteiger partial charge is 0.361 e. The Hall–Kier alpha value is -1.49. The number of rotatable bonds is 2. The average molecular weight is 220 g/mol. The van der Waals surface area contributed by atoms with Gasteiger partial charge in [0.2, 0.25) is 0 Å². The first kappa shape index (κ1) is 10.0. The molecule has 0 saturated heterocycles. The average Bonchev–Trinajstić information content (AvgIpc) is 2.69.